The van der Waals surface area contributed by atoms with Crippen molar-refractivity contribution in [2.45, 2.75) is 52.7 Å². The summed E-state index contributed by atoms with van der Waals surface area (Å²) in [5.41, 5.74) is 0.475. The minimum atomic E-state index is -0.501. The van der Waals surface area contributed by atoms with Gasteiger partial charge in [0.05, 0.1) is 6.54 Å². The predicted molar refractivity (Wildman–Crippen MR) is 115 cm³/mol. The average Bonchev–Trinajstić information content (AvgIpc) is 3.21. The van der Waals surface area contributed by atoms with Gasteiger partial charge in [0.25, 0.3) is 0 Å². The van der Waals surface area contributed by atoms with Gasteiger partial charge in [0, 0.05) is 22.9 Å². The maximum absolute atomic E-state index is 13.4. The number of benzene rings is 1. The molecule has 1 aliphatic heterocycles. The zero-order chi connectivity index (χ0) is 21.3. The first-order valence-electron chi connectivity index (χ1n) is 10.3. The summed E-state index contributed by atoms with van der Waals surface area (Å²) in [6, 6.07) is 9.98. The van der Waals surface area contributed by atoms with Gasteiger partial charge < -0.3 is 19.3 Å². The smallest absolute Gasteiger partial charge is 0.242 e. The molecule has 0 N–H and O–H groups in total. The van der Waals surface area contributed by atoms with E-state index in [4.69, 9.17) is 9.47 Å². The van der Waals surface area contributed by atoms with Crippen molar-refractivity contribution in [1.29, 1.82) is 0 Å². The van der Waals surface area contributed by atoms with E-state index in [1.807, 2.05) is 61.4 Å². The fourth-order valence-corrected chi connectivity index (χ4v) is 4.23. The van der Waals surface area contributed by atoms with Crippen LogP contribution in [0.5, 0.6) is 11.5 Å². The molecule has 0 radical (unpaired) electrons. The van der Waals surface area contributed by atoms with Gasteiger partial charge in [-0.25, -0.2) is 0 Å². The molecule has 0 spiro atoms. The van der Waals surface area contributed by atoms with E-state index in [9.17, 15) is 9.59 Å². The Labute approximate surface area is 181 Å². The van der Waals surface area contributed by atoms with E-state index in [1.165, 1.54) is 0 Å². The minimum absolute atomic E-state index is 0.0365. The summed E-state index contributed by atoms with van der Waals surface area (Å²) in [6.07, 6.45) is 1.95. The second-order valence-electron chi connectivity index (χ2n) is 8.93. The Kier molecular flexibility index (Phi) is 5.73. The van der Waals surface area contributed by atoms with Crippen LogP contribution in [-0.2, 0) is 22.7 Å². The zero-order valence-corrected chi connectivity index (χ0v) is 18.5. The number of carbonyl (C=O) groups is 2. The Morgan fingerprint density at radius 3 is 2.53 bits per heavy atom. The molecule has 1 aromatic heterocycles. The summed E-state index contributed by atoms with van der Waals surface area (Å²) in [5.74, 6) is 1.44. The van der Waals surface area contributed by atoms with Gasteiger partial charge in [-0.15, -0.1) is 11.3 Å². The average molecular weight is 429 g/mol. The van der Waals surface area contributed by atoms with Crippen molar-refractivity contribution in [1.82, 2.24) is 9.80 Å². The molecule has 2 aromatic rings. The maximum atomic E-state index is 13.4. The summed E-state index contributed by atoms with van der Waals surface area (Å²) in [5, 5.41) is 2.01. The van der Waals surface area contributed by atoms with Crippen molar-refractivity contribution in [2.24, 2.45) is 5.41 Å². The first-order chi connectivity index (χ1) is 14.3. The molecule has 2 amide bonds. The lowest BCUT2D eigenvalue weighted by atomic mass is 9.94. The van der Waals surface area contributed by atoms with Gasteiger partial charge in [-0.05, 0) is 42.0 Å². The van der Waals surface area contributed by atoms with Gasteiger partial charge in [-0.1, -0.05) is 32.9 Å². The molecule has 1 aliphatic carbocycles. The fourth-order valence-electron chi connectivity index (χ4n) is 3.51. The van der Waals surface area contributed by atoms with Gasteiger partial charge >= 0.3 is 0 Å². The summed E-state index contributed by atoms with van der Waals surface area (Å²) >= 11 is 1.63. The van der Waals surface area contributed by atoms with Gasteiger partial charge in [0.1, 0.15) is 6.54 Å². The quantitative estimate of drug-likeness (QED) is 0.668. The molecule has 6 nitrogen and oxygen atoms in total. The third-order valence-electron chi connectivity index (χ3n) is 5.29. The highest BCUT2D eigenvalue weighted by atomic mass is 32.1. The molecule has 0 atom stereocenters. The molecule has 4 rings (SSSR count). The normalized spacial score (nSPS) is 15.2. The molecule has 1 aromatic carbocycles. The first kappa shape index (κ1) is 20.7. The Hall–Kier alpha value is -2.54. The number of hydrogen-bond acceptors (Lipinski definition) is 5. The molecule has 1 saturated carbocycles. The van der Waals surface area contributed by atoms with Crippen molar-refractivity contribution in [3.05, 3.63) is 46.2 Å². The van der Waals surface area contributed by atoms with Crippen molar-refractivity contribution in [3.63, 3.8) is 0 Å². The zero-order valence-electron chi connectivity index (χ0n) is 17.7. The molecule has 1 fully saturated rings. The first-order valence-corrected chi connectivity index (χ1v) is 11.2. The van der Waals surface area contributed by atoms with Crippen molar-refractivity contribution >= 4 is 23.2 Å². The van der Waals surface area contributed by atoms with E-state index in [1.54, 1.807) is 16.2 Å². The van der Waals surface area contributed by atoms with E-state index in [0.717, 1.165) is 29.0 Å². The van der Waals surface area contributed by atoms with E-state index in [0.29, 0.717) is 18.8 Å². The number of rotatable bonds is 7. The molecule has 30 heavy (non-hydrogen) atoms. The molecular weight excluding hydrogens is 400 g/mol. The largest absolute Gasteiger partial charge is 0.454 e. The van der Waals surface area contributed by atoms with Crippen molar-refractivity contribution in [3.8, 4) is 11.5 Å². The summed E-state index contributed by atoms with van der Waals surface area (Å²) < 4.78 is 10.9. The van der Waals surface area contributed by atoms with Crippen LogP contribution in [0.3, 0.4) is 0 Å². The SMILES string of the molecule is CC(C)(C)C(=O)N(CC(=O)N(Cc1ccc2c(c1)OCO2)Cc1cccs1)C1CC1. The molecule has 0 bridgehead atoms. The Morgan fingerprint density at radius 1 is 1.10 bits per heavy atom. The van der Waals surface area contributed by atoms with Crippen LogP contribution >= 0.6 is 11.3 Å². The number of fused-ring (bicyclic) bond motifs is 1. The lowest BCUT2D eigenvalue weighted by Gasteiger charge is -2.31. The van der Waals surface area contributed by atoms with Crippen LogP contribution in [0.1, 0.15) is 44.1 Å². The van der Waals surface area contributed by atoms with Crippen molar-refractivity contribution < 1.29 is 19.1 Å². The van der Waals surface area contributed by atoms with E-state index in [2.05, 4.69) is 0 Å². The fraction of sp³-hybridized carbons (Fsp3) is 0.478. The number of amides is 2. The summed E-state index contributed by atoms with van der Waals surface area (Å²) in [6.45, 7) is 7.04. The Morgan fingerprint density at radius 2 is 1.87 bits per heavy atom. The lowest BCUT2D eigenvalue weighted by molar-refractivity contribution is -0.146. The van der Waals surface area contributed by atoms with Crippen LogP contribution in [-0.4, -0.2) is 41.0 Å². The minimum Gasteiger partial charge on any atom is -0.454 e. The van der Waals surface area contributed by atoms with Gasteiger partial charge in [-0.3, -0.25) is 9.59 Å². The highest BCUT2D eigenvalue weighted by molar-refractivity contribution is 7.09. The topological polar surface area (TPSA) is 59.1 Å². The molecule has 0 unspecified atom stereocenters. The highest BCUT2D eigenvalue weighted by Gasteiger charge is 2.39. The molecule has 7 heteroatoms. The Bertz CT molecular complexity index is 916. The molecule has 0 saturated heterocycles. The second-order valence-corrected chi connectivity index (χ2v) is 9.96. The Balaban J connectivity index is 1.52. The number of carbonyl (C=O) groups excluding carboxylic acids is 2. The van der Waals surface area contributed by atoms with Crippen LogP contribution in [0, 0.1) is 5.41 Å². The van der Waals surface area contributed by atoms with Crippen LogP contribution in [0.25, 0.3) is 0 Å². The van der Waals surface area contributed by atoms with Gasteiger partial charge in [0.2, 0.25) is 18.6 Å². The number of ether oxygens (including phenoxy) is 2. The van der Waals surface area contributed by atoms with Gasteiger partial charge in [0.15, 0.2) is 11.5 Å². The maximum Gasteiger partial charge on any atom is 0.242 e. The van der Waals surface area contributed by atoms with Crippen LogP contribution in [0.2, 0.25) is 0 Å². The third-order valence-corrected chi connectivity index (χ3v) is 6.15. The monoisotopic (exact) mass is 428 g/mol. The highest BCUT2D eigenvalue weighted by Crippen LogP contribution is 2.34. The molecule has 2 aliphatic rings. The lowest BCUT2D eigenvalue weighted by Crippen LogP contribution is -2.47. The standard InChI is InChI=1S/C23H28N2O4S/c1-23(2,3)22(27)25(17-7-8-17)14-21(26)24(13-18-5-4-10-30-18)12-16-6-9-19-20(11-16)29-15-28-19/h4-6,9-11,17H,7-8,12-15H2,1-3H3. The van der Waals surface area contributed by atoms with Crippen LogP contribution in [0.15, 0.2) is 35.7 Å². The summed E-state index contributed by atoms with van der Waals surface area (Å²) in [7, 11) is 0. The number of hydrogen-bond donors (Lipinski definition) is 0. The third kappa shape index (κ3) is 4.78. The second kappa shape index (κ2) is 8.30. The van der Waals surface area contributed by atoms with E-state index < -0.39 is 5.41 Å². The van der Waals surface area contributed by atoms with E-state index in [-0.39, 0.29) is 31.2 Å². The van der Waals surface area contributed by atoms with Crippen LogP contribution in [0.4, 0.5) is 0 Å². The predicted octanol–water partition coefficient (Wildman–Crippen LogP) is 4.04. The van der Waals surface area contributed by atoms with E-state index >= 15 is 0 Å². The molecule has 2 heterocycles. The van der Waals surface area contributed by atoms with Crippen molar-refractivity contribution in [2.75, 3.05) is 13.3 Å². The van der Waals surface area contributed by atoms with Crippen LogP contribution < -0.4 is 9.47 Å². The van der Waals surface area contributed by atoms with Gasteiger partial charge in [-0.2, -0.15) is 0 Å². The summed E-state index contributed by atoms with van der Waals surface area (Å²) in [4.78, 5) is 31.0. The molecule has 160 valence electrons. The number of thiophene rings is 1. The molecular formula is C23H28N2O4S. The number of nitrogens with zero attached hydrogens (tertiary/aromatic N) is 2.